The van der Waals surface area contributed by atoms with E-state index in [1.165, 1.54) is 18.3 Å². The van der Waals surface area contributed by atoms with Gasteiger partial charge in [0.25, 0.3) is 5.91 Å². The first-order valence-electron chi connectivity index (χ1n) is 8.70. The summed E-state index contributed by atoms with van der Waals surface area (Å²) in [4.78, 5) is 32.1. The maximum atomic E-state index is 13.7. The molecule has 0 unspecified atom stereocenters. The summed E-state index contributed by atoms with van der Waals surface area (Å²) in [6, 6.07) is 8.33. The molecule has 142 valence electrons. The number of nitrogens with one attached hydrogen (secondary N) is 1. The Kier molecular flexibility index (Phi) is 4.97. The predicted molar refractivity (Wildman–Crippen MR) is 103 cm³/mol. The molecular weight excluding hydrogens is 347 g/mol. The van der Waals surface area contributed by atoms with Crippen LogP contribution in [0.25, 0.3) is 0 Å². The molecule has 7 heteroatoms. The number of pyridine rings is 1. The average Bonchev–Trinajstić information content (AvgIpc) is 2.85. The number of likely N-dealkylation sites (N-methyl/N-ethyl adjacent to an activating group) is 1. The number of benzene rings is 1. The van der Waals surface area contributed by atoms with Crippen LogP contribution in [0, 0.1) is 5.95 Å². The van der Waals surface area contributed by atoms with Crippen LogP contribution in [0.4, 0.5) is 15.8 Å². The highest BCUT2D eigenvalue weighted by Gasteiger charge is 2.38. The van der Waals surface area contributed by atoms with Gasteiger partial charge >= 0.3 is 0 Å². The summed E-state index contributed by atoms with van der Waals surface area (Å²) in [5, 5.41) is 2.69. The van der Waals surface area contributed by atoms with E-state index in [0.717, 1.165) is 11.3 Å². The zero-order chi connectivity index (χ0) is 19.8. The average molecular weight is 370 g/mol. The Labute approximate surface area is 158 Å². The highest BCUT2D eigenvalue weighted by molar-refractivity contribution is 6.05. The van der Waals surface area contributed by atoms with Gasteiger partial charge in [0.15, 0.2) is 0 Å². The minimum atomic E-state index is -0.819. The van der Waals surface area contributed by atoms with E-state index in [-0.39, 0.29) is 16.9 Å². The molecular formula is C20H23FN4O2. The van der Waals surface area contributed by atoms with Gasteiger partial charge in [-0.15, -0.1) is 0 Å². The van der Waals surface area contributed by atoms with E-state index >= 15 is 0 Å². The molecule has 1 aromatic carbocycles. The Morgan fingerprint density at radius 2 is 2.04 bits per heavy atom. The third-order valence-corrected chi connectivity index (χ3v) is 4.59. The Balaban J connectivity index is 1.89. The summed E-state index contributed by atoms with van der Waals surface area (Å²) >= 11 is 0. The molecule has 0 aliphatic carbocycles. The Hall–Kier alpha value is -2.80. The standard InChI is InChI=1S/C20H23FN4O2/c1-20(2)12-25(17(26)11-24(3)4)16-10-13(7-8-15(16)20)23-19(27)14-6-5-9-22-18(14)21/h5-10H,11-12H2,1-4H3,(H,23,27). The van der Waals surface area contributed by atoms with Crippen molar-refractivity contribution in [3.8, 4) is 0 Å². The van der Waals surface area contributed by atoms with E-state index in [0.29, 0.717) is 18.8 Å². The molecule has 2 heterocycles. The van der Waals surface area contributed by atoms with E-state index < -0.39 is 11.9 Å². The monoisotopic (exact) mass is 370 g/mol. The van der Waals surface area contributed by atoms with Crippen LogP contribution < -0.4 is 10.2 Å². The van der Waals surface area contributed by atoms with Crippen molar-refractivity contribution in [3.63, 3.8) is 0 Å². The van der Waals surface area contributed by atoms with Gasteiger partial charge in [-0.25, -0.2) is 4.98 Å². The molecule has 2 aromatic rings. The molecule has 0 bridgehead atoms. The number of amides is 2. The Morgan fingerprint density at radius 1 is 1.30 bits per heavy atom. The van der Waals surface area contributed by atoms with Crippen molar-refractivity contribution < 1.29 is 14.0 Å². The van der Waals surface area contributed by atoms with Crippen molar-refractivity contribution in [1.82, 2.24) is 9.88 Å². The third kappa shape index (κ3) is 3.83. The van der Waals surface area contributed by atoms with Crippen LogP contribution in [0.3, 0.4) is 0 Å². The molecule has 6 nitrogen and oxygen atoms in total. The van der Waals surface area contributed by atoms with Crippen LogP contribution in [-0.2, 0) is 10.2 Å². The van der Waals surface area contributed by atoms with Crippen molar-refractivity contribution in [3.05, 3.63) is 53.6 Å². The lowest BCUT2D eigenvalue weighted by atomic mass is 9.87. The fraction of sp³-hybridized carbons (Fsp3) is 0.350. The van der Waals surface area contributed by atoms with Crippen LogP contribution in [0.15, 0.2) is 36.5 Å². The normalized spacial score (nSPS) is 15.0. The number of hydrogen-bond acceptors (Lipinski definition) is 4. The number of rotatable bonds is 4. The van der Waals surface area contributed by atoms with E-state index in [9.17, 15) is 14.0 Å². The van der Waals surface area contributed by atoms with Crippen LogP contribution in [0.1, 0.15) is 29.8 Å². The topological polar surface area (TPSA) is 65.5 Å². The molecule has 0 radical (unpaired) electrons. The number of anilines is 2. The van der Waals surface area contributed by atoms with Crippen molar-refractivity contribution >= 4 is 23.2 Å². The molecule has 1 aromatic heterocycles. The zero-order valence-electron chi connectivity index (χ0n) is 15.9. The largest absolute Gasteiger partial charge is 0.322 e. The minimum absolute atomic E-state index is 0.00592. The van der Waals surface area contributed by atoms with Gasteiger partial charge in [-0.1, -0.05) is 19.9 Å². The van der Waals surface area contributed by atoms with Gasteiger partial charge in [0.05, 0.1) is 12.1 Å². The van der Waals surface area contributed by atoms with Gasteiger partial charge in [-0.2, -0.15) is 4.39 Å². The Morgan fingerprint density at radius 3 is 2.70 bits per heavy atom. The molecule has 2 amide bonds. The van der Waals surface area contributed by atoms with E-state index in [1.807, 2.05) is 25.1 Å². The molecule has 1 aliphatic rings. The van der Waals surface area contributed by atoms with Crippen LogP contribution in [0.2, 0.25) is 0 Å². The fourth-order valence-corrected chi connectivity index (χ4v) is 3.30. The summed E-state index contributed by atoms with van der Waals surface area (Å²) in [5.41, 5.74) is 2.01. The van der Waals surface area contributed by atoms with Gasteiger partial charge in [-0.05, 0) is 43.9 Å². The highest BCUT2D eigenvalue weighted by atomic mass is 19.1. The second-order valence-electron chi connectivity index (χ2n) is 7.63. The summed E-state index contributed by atoms with van der Waals surface area (Å²) in [7, 11) is 3.69. The van der Waals surface area contributed by atoms with Gasteiger partial charge in [0.1, 0.15) is 0 Å². The maximum Gasteiger partial charge on any atom is 0.260 e. The number of carbonyl (C=O) groups is 2. The first kappa shape index (κ1) is 19.0. The number of carbonyl (C=O) groups excluding carboxylic acids is 2. The first-order valence-corrected chi connectivity index (χ1v) is 8.70. The summed E-state index contributed by atoms with van der Waals surface area (Å²) < 4.78 is 13.7. The molecule has 0 fully saturated rings. The second-order valence-corrected chi connectivity index (χ2v) is 7.63. The van der Waals surface area contributed by atoms with Gasteiger partial charge < -0.3 is 15.1 Å². The van der Waals surface area contributed by atoms with Crippen molar-refractivity contribution in [2.24, 2.45) is 0 Å². The smallest absolute Gasteiger partial charge is 0.260 e. The number of halogens is 1. The number of nitrogens with zero attached hydrogens (tertiary/aromatic N) is 3. The molecule has 0 spiro atoms. The SMILES string of the molecule is CN(C)CC(=O)N1CC(C)(C)c2ccc(NC(=O)c3cccnc3F)cc21. The summed E-state index contributed by atoms with van der Waals surface area (Å²) in [6.07, 6.45) is 1.29. The van der Waals surface area contributed by atoms with E-state index in [1.54, 1.807) is 17.0 Å². The summed E-state index contributed by atoms with van der Waals surface area (Å²) in [5.74, 6) is -1.40. The fourth-order valence-electron chi connectivity index (χ4n) is 3.30. The maximum absolute atomic E-state index is 13.7. The molecule has 0 saturated carbocycles. The lowest BCUT2D eigenvalue weighted by Crippen LogP contribution is -2.39. The Bertz CT molecular complexity index is 895. The zero-order valence-corrected chi connectivity index (χ0v) is 15.9. The number of fused-ring (bicyclic) bond motifs is 1. The summed E-state index contributed by atoms with van der Waals surface area (Å²) in [6.45, 7) is 5.03. The van der Waals surface area contributed by atoms with Crippen LogP contribution >= 0.6 is 0 Å². The van der Waals surface area contributed by atoms with Gasteiger partial charge in [0, 0.05) is 29.5 Å². The lowest BCUT2D eigenvalue weighted by molar-refractivity contribution is -0.119. The minimum Gasteiger partial charge on any atom is -0.322 e. The van der Waals surface area contributed by atoms with E-state index in [4.69, 9.17) is 0 Å². The first-order chi connectivity index (χ1) is 12.7. The number of hydrogen-bond donors (Lipinski definition) is 1. The van der Waals surface area contributed by atoms with Crippen molar-refractivity contribution in [2.45, 2.75) is 19.3 Å². The lowest BCUT2D eigenvalue weighted by Gasteiger charge is -2.22. The highest BCUT2D eigenvalue weighted by Crippen LogP contribution is 2.41. The quantitative estimate of drug-likeness (QED) is 0.841. The molecule has 3 rings (SSSR count). The predicted octanol–water partition coefficient (Wildman–Crippen LogP) is 2.66. The molecule has 0 atom stereocenters. The third-order valence-electron chi connectivity index (χ3n) is 4.59. The van der Waals surface area contributed by atoms with Crippen molar-refractivity contribution in [1.29, 1.82) is 0 Å². The van der Waals surface area contributed by atoms with Gasteiger partial charge in [0.2, 0.25) is 11.9 Å². The molecule has 1 aliphatic heterocycles. The van der Waals surface area contributed by atoms with Crippen molar-refractivity contribution in [2.75, 3.05) is 37.4 Å². The van der Waals surface area contributed by atoms with Crippen LogP contribution in [0.5, 0.6) is 0 Å². The second kappa shape index (κ2) is 7.08. The van der Waals surface area contributed by atoms with E-state index in [2.05, 4.69) is 24.1 Å². The van der Waals surface area contributed by atoms with Gasteiger partial charge in [-0.3, -0.25) is 9.59 Å². The van der Waals surface area contributed by atoms with Crippen LogP contribution in [-0.4, -0.2) is 48.9 Å². The molecule has 0 saturated heterocycles. The molecule has 27 heavy (non-hydrogen) atoms. The molecule has 1 N–H and O–H groups in total. The number of aromatic nitrogens is 1.